The van der Waals surface area contributed by atoms with Crippen LogP contribution in [-0.4, -0.2) is 13.1 Å². The highest BCUT2D eigenvalue weighted by molar-refractivity contribution is 5.18. The van der Waals surface area contributed by atoms with E-state index >= 15 is 0 Å². The molecule has 0 spiro atoms. The first-order valence-corrected chi connectivity index (χ1v) is 7.62. The maximum Gasteiger partial charge on any atom is 0.00174 e. The molecule has 2 rings (SSSR count). The molecule has 1 N–H and O–H groups in total. The zero-order valence-corrected chi connectivity index (χ0v) is 11.7. The third-order valence-electron chi connectivity index (χ3n) is 4.27. The summed E-state index contributed by atoms with van der Waals surface area (Å²) < 4.78 is 0. The van der Waals surface area contributed by atoms with Gasteiger partial charge >= 0.3 is 0 Å². The van der Waals surface area contributed by atoms with Crippen LogP contribution in [0.4, 0.5) is 0 Å². The molecule has 1 unspecified atom stereocenters. The van der Waals surface area contributed by atoms with Crippen molar-refractivity contribution in [1.29, 1.82) is 0 Å². The van der Waals surface area contributed by atoms with E-state index in [4.69, 9.17) is 0 Å². The Labute approximate surface area is 112 Å². The molecule has 0 bridgehead atoms. The van der Waals surface area contributed by atoms with Crippen molar-refractivity contribution in [3.05, 3.63) is 35.9 Å². The Morgan fingerprint density at radius 2 is 1.83 bits per heavy atom. The Bertz CT molecular complexity index is 314. The van der Waals surface area contributed by atoms with E-state index in [2.05, 4.69) is 42.6 Å². The molecule has 0 heterocycles. The van der Waals surface area contributed by atoms with Crippen LogP contribution in [0.3, 0.4) is 0 Å². The van der Waals surface area contributed by atoms with Crippen molar-refractivity contribution in [2.24, 2.45) is 5.92 Å². The lowest BCUT2D eigenvalue weighted by Crippen LogP contribution is -2.23. The van der Waals surface area contributed by atoms with Crippen LogP contribution in [-0.2, 0) is 0 Å². The minimum atomic E-state index is 0.623. The molecule has 1 heteroatoms. The molecule has 0 aromatic heterocycles. The molecule has 1 fully saturated rings. The lowest BCUT2D eigenvalue weighted by atomic mass is 9.87. The van der Waals surface area contributed by atoms with E-state index in [0.29, 0.717) is 5.92 Å². The molecule has 18 heavy (non-hydrogen) atoms. The van der Waals surface area contributed by atoms with Gasteiger partial charge in [0.1, 0.15) is 0 Å². The van der Waals surface area contributed by atoms with Crippen LogP contribution in [0.5, 0.6) is 0 Å². The number of hydrogen-bond acceptors (Lipinski definition) is 1. The second-order valence-electron chi connectivity index (χ2n) is 5.81. The number of hydrogen-bond donors (Lipinski definition) is 1. The molecule has 1 saturated carbocycles. The van der Waals surface area contributed by atoms with Gasteiger partial charge in [0.05, 0.1) is 0 Å². The van der Waals surface area contributed by atoms with Gasteiger partial charge in [-0.2, -0.15) is 0 Å². The second-order valence-corrected chi connectivity index (χ2v) is 5.81. The number of benzene rings is 1. The SMILES string of the molecule is CC(CNCCC1CCCCC1)c1ccccc1. The molecular weight excluding hydrogens is 218 g/mol. The Kier molecular flexibility index (Phi) is 5.73. The Morgan fingerprint density at radius 1 is 1.11 bits per heavy atom. The molecule has 0 amide bonds. The fourth-order valence-electron chi connectivity index (χ4n) is 3.00. The molecule has 1 aromatic rings. The first-order valence-electron chi connectivity index (χ1n) is 7.62. The van der Waals surface area contributed by atoms with Gasteiger partial charge in [-0.3, -0.25) is 0 Å². The summed E-state index contributed by atoms with van der Waals surface area (Å²) in [5, 5.41) is 3.63. The fourth-order valence-corrected chi connectivity index (χ4v) is 3.00. The van der Waals surface area contributed by atoms with E-state index in [1.807, 2.05) is 0 Å². The highest BCUT2D eigenvalue weighted by Gasteiger charge is 2.12. The van der Waals surface area contributed by atoms with Gasteiger partial charge in [0.25, 0.3) is 0 Å². The third kappa shape index (κ3) is 4.45. The Hall–Kier alpha value is -0.820. The monoisotopic (exact) mass is 245 g/mol. The summed E-state index contributed by atoms with van der Waals surface area (Å²) in [6.07, 6.45) is 8.71. The first kappa shape index (κ1) is 13.6. The molecule has 1 atom stereocenters. The van der Waals surface area contributed by atoms with E-state index in [1.54, 1.807) is 0 Å². The quantitative estimate of drug-likeness (QED) is 0.735. The third-order valence-corrected chi connectivity index (χ3v) is 4.27. The maximum atomic E-state index is 3.63. The van der Waals surface area contributed by atoms with Crippen molar-refractivity contribution in [1.82, 2.24) is 5.32 Å². The fraction of sp³-hybridized carbons (Fsp3) is 0.647. The van der Waals surface area contributed by atoms with Crippen molar-refractivity contribution in [2.45, 2.75) is 51.4 Å². The summed E-state index contributed by atoms with van der Waals surface area (Å²) in [5.74, 6) is 1.62. The molecule has 1 nitrogen and oxygen atoms in total. The van der Waals surface area contributed by atoms with Gasteiger partial charge in [0, 0.05) is 6.54 Å². The summed E-state index contributed by atoms with van der Waals surface area (Å²) in [6, 6.07) is 10.8. The van der Waals surface area contributed by atoms with E-state index in [9.17, 15) is 0 Å². The van der Waals surface area contributed by atoms with Crippen LogP contribution in [0, 0.1) is 5.92 Å². The molecule has 1 aromatic carbocycles. The summed E-state index contributed by atoms with van der Waals surface area (Å²) in [5.41, 5.74) is 1.45. The van der Waals surface area contributed by atoms with Crippen molar-refractivity contribution >= 4 is 0 Å². The zero-order chi connectivity index (χ0) is 12.6. The van der Waals surface area contributed by atoms with Gasteiger partial charge in [0.15, 0.2) is 0 Å². The highest BCUT2D eigenvalue weighted by atomic mass is 14.9. The average molecular weight is 245 g/mol. The van der Waals surface area contributed by atoms with Gasteiger partial charge in [-0.1, -0.05) is 69.4 Å². The van der Waals surface area contributed by atoms with Crippen LogP contribution in [0.1, 0.15) is 56.9 Å². The number of nitrogens with one attached hydrogen (secondary N) is 1. The van der Waals surface area contributed by atoms with Crippen LogP contribution in [0.2, 0.25) is 0 Å². The van der Waals surface area contributed by atoms with Crippen LogP contribution < -0.4 is 5.32 Å². The minimum Gasteiger partial charge on any atom is -0.316 e. The van der Waals surface area contributed by atoms with Crippen LogP contribution in [0.25, 0.3) is 0 Å². The predicted octanol–water partition coefficient (Wildman–Crippen LogP) is 4.35. The summed E-state index contributed by atoms with van der Waals surface area (Å²) >= 11 is 0. The first-order chi connectivity index (χ1) is 8.86. The van der Waals surface area contributed by atoms with E-state index < -0.39 is 0 Å². The average Bonchev–Trinajstić information content (AvgIpc) is 2.45. The van der Waals surface area contributed by atoms with E-state index in [-0.39, 0.29) is 0 Å². The largest absolute Gasteiger partial charge is 0.316 e. The summed E-state index contributed by atoms with van der Waals surface area (Å²) in [6.45, 7) is 4.61. The molecule has 1 aliphatic carbocycles. The lowest BCUT2D eigenvalue weighted by Gasteiger charge is -2.22. The van der Waals surface area contributed by atoms with Crippen molar-refractivity contribution in [2.75, 3.05) is 13.1 Å². The normalized spacial score (nSPS) is 18.7. The molecule has 1 aliphatic rings. The van der Waals surface area contributed by atoms with Crippen molar-refractivity contribution < 1.29 is 0 Å². The smallest absolute Gasteiger partial charge is 0.00174 e. The zero-order valence-electron chi connectivity index (χ0n) is 11.7. The minimum absolute atomic E-state index is 0.623. The van der Waals surface area contributed by atoms with Crippen molar-refractivity contribution in [3.8, 4) is 0 Å². The van der Waals surface area contributed by atoms with E-state index in [0.717, 1.165) is 12.5 Å². The van der Waals surface area contributed by atoms with Gasteiger partial charge in [-0.15, -0.1) is 0 Å². The van der Waals surface area contributed by atoms with Gasteiger partial charge in [-0.05, 0) is 30.4 Å². The topological polar surface area (TPSA) is 12.0 Å². The van der Waals surface area contributed by atoms with Gasteiger partial charge in [0.2, 0.25) is 0 Å². The Balaban J connectivity index is 1.60. The second kappa shape index (κ2) is 7.58. The van der Waals surface area contributed by atoms with Crippen LogP contribution in [0.15, 0.2) is 30.3 Å². The molecule has 0 radical (unpaired) electrons. The summed E-state index contributed by atoms with van der Waals surface area (Å²) in [4.78, 5) is 0. The number of rotatable bonds is 6. The van der Waals surface area contributed by atoms with E-state index in [1.165, 1.54) is 50.6 Å². The van der Waals surface area contributed by atoms with Crippen LogP contribution >= 0.6 is 0 Å². The van der Waals surface area contributed by atoms with Gasteiger partial charge in [-0.25, -0.2) is 0 Å². The summed E-state index contributed by atoms with van der Waals surface area (Å²) in [7, 11) is 0. The van der Waals surface area contributed by atoms with Gasteiger partial charge < -0.3 is 5.32 Å². The standard InChI is InChI=1S/C17H27N/c1-15(17-10-6-3-7-11-17)14-18-13-12-16-8-4-2-5-9-16/h3,6-7,10-11,15-16,18H,2,4-5,8-9,12-14H2,1H3. The molecule has 0 aliphatic heterocycles. The van der Waals surface area contributed by atoms with Crippen molar-refractivity contribution in [3.63, 3.8) is 0 Å². The molecular formula is C17H27N. The molecule has 0 saturated heterocycles. The predicted molar refractivity (Wildman–Crippen MR) is 78.9 cm³/mol. The maximum absolute atomic E-state index is 3.63. The lowest BCUT2D eigenvalue weighted by molar-refractivity contribution is 0.333. The highest BCUT2D eigenvalue weighted by Crippen LogP contribution is 2.25. The molecule has 100 valence electrons. The Morgan fingerprint density at radius 3 is 2.56 bits per heavy atom.